The smallest absolute Gasteiger partial charge is 0.315 e. The SMILES string of the molecule is CC(C(=O)O)C(=O)N(C)C(C)c1cc2ccccc2o1. The zero-order valence-corrected chi connectivity index (χ0v) is 11.7. The zero-order valence-electron chi connectivity index (χ0n) is 11.7. The molecule has 1 aromatic heterocycles. The number of carboxylic acid groups (broad SMARTS) is 1. The van der Waals surface area contributed by atoms with Crippen molar-refractivity contribution in [2.75, 3.05) is 7.05 Å². The number of benzene rings is 1. The van der Waals surface area contributed by atoms with Gasteiger partial charge in [0.05, 0.1) is 6.04 Å². The molecular formula is C15H17NO4. The molecule has 0 fully saturated rings. The van der Waals surface area contributed by atoms with Gasteiger partial charge in [-0.15, -0.1) is 0 Å². The Labute approximate surface area is 116 Å². The third kappa shape index (κ3) is 2.52. The first-order valence-corrected chi connectivity index (χ1v) is 6.39. The fourth-order valence-corrected chi connectivity index (χ4v) is 2.00. The van der Waals surface area contributed by atoms with Gasteiger partial charge in [-0.05, 0) is 26.0 Å². The predicted molar refractivity (Wildman–Crippen MR) is 74.2 cm³/mol. The highest BCUT2D eigenvalue weighted by molar-refractivity contribution is 5.96. The average Bonchev–Trinajstić information content (AvgIpc) is 2.87. The summed E-state index contributed by atoms with van der Waals surface area (Å²) in [5, 5.41) is 9.86. The number of hydrogen-bond donors (Lipinski definition) is 1. The summed E-state index contributed by atoms with van der Waals surface area (Å²) in [5.74, 6) is -1.99. The van der Waals surface area contributed by atoms with Crippen LogP contribution in [0.15, 0.2) is 34.7 Å². The van der Waals surface area contributed by atoms with Crippen molar-refractivity contribution in [2.24, 2.45) is 5.92 Å². The summed E-state index contributed by atoms with van der Waals surface area (Å²) in [6, 6.07) is 9.12. The van der Waals surface area contributed by atoms with E-state index < -0.39 is 17.8 Å². The molecule has 0 saturated carbocycles. The summed E-state index contributed by atoms with van der Waals surface area (Å²) in [6.45, 7) is 3.19. The average molecular weight is 275 g/mol. The highest BCUT2D eigenvalue weighted by Crippen LogP contribution is 2.27. The van der Waals surface area contributed by atoms with Gasteiger partial charge in [0.2, 0.25) is 5.91 Å². The van der Waals surface area contributed by atoms with Crippen LogP contribution in [-0.2, 0) is 9.59 Å². The Morgan fingerprint density at radius 3 is 2.50 bits per heavy atom. The van der Waals surface area contributed by atoms with E-state index >= 15 is 0 Å². The number of hydrogen-bond acceptors (Lipinski definition) is 3. The topological polar surface area (TPSA) is 70.8 Å². The van der Waals surface area contributed by atoms with Crippen molar-refractivity contribution in [3.63, 3.8) is 0 Å². The molecule has 20 heavy (non-hydrogen) atoms. The third-order valence-corrected chi connectivity index (χ3v) is 3.53. The van der Waals surface area contributed by atoms with E-state index in [0.29, 0.717) is 5.76 Å². The number of carbonyl (C=O) groups is 2. The molecule has 2 aromatic rings. The fourth-order valence-electron chi connectivity index (χ4n) is 2.00. The predicted octanol–water partition coefficient (Wildman–Crippen LogP) is 2.67. The minimum absolute atomic E-state index is 0.322. The number of furan rings is 1. The second-order valence-electron chi connectivity index (χ2n) is 4.87. The first-order chi connectivity index (χ1) is 9.41. The van der Waals surface area contributed by atoms with Crippen LogP contribution in [0.4, 0.5) is 0 Å². The molecule has 1 N–H and O–H groups in total. The van der Waals surface area contributed by atoms with E-state index in [1.54, 1.807) is 7.05 Å². The normalized spacial score (nSPS) is 13.9. The van der Waals surface area contributed by atoms with Crippen LogP contribution in [0.25, 0.3) is 11.0 Å². The van der Waals surface area contributed by atoms with Crippen LogP contribution in [0.2, 0.25) is 0 Å². The van der Waals surface area contributed by atoms with Crippen molar-refractivity contribution in [2.45, 2.75) is 19.9 Å². The number of para-hydroxylation sites is 1. The van der Waals surface area contributed by atoms with E-state index in [1.807, 2.05) is 37.3 Å². The molecule has 1 heterocycles. The van der Waals surface area contributed by atoms with Gasteiger partial charge in [0.25, 0.3) is 0 Å². The fraction of sp³-hybridized carbons (Fsp3) is 0.333. The van der Waals surface area contributed by atoms with Crippen molar-refractivity contribution in [3.8, 4) is 0 Å². The molecule has 1 aromatic carbocycles. The number of fused-ring (bicyclic) bond motifs is 1. The standard InChI is InChI=1S/C15H17NO4/c1-9(15(18)19)14(17)16(3)10(2)13-8-11-6-4-5-7-12(11)20-13/h4-10H,1-3H3,(H,18,19). The summed E-state index contributed by atoms with van der Waals surface area (Å²) in [5.41, 5.74) is 0.751. The van der Waals surface area contributed by atoms with Gasteiger partial charge in [0.1, 0.15) is 17.3 Å². The number of carbonyl (C=O) groups excluding carboxylic acids is 1. The second kappa shape index (κ2) is 5.36. The van der Waals surface area contributed by atoms with E-state index in [0.717, 1.165) is 11.0 Å². The maximum Gasteiger partial charge on any atom is 0.315 e. The van der Waals surface area contributed by atoms with Crippen LogP contribution in [-0.4, -0.2) is 28.9 Å². The highest BCUT2D eigenvalue weighted by Gasteiger charge is 2.28. The molecule has 0 spiro atoms. The molecule has 5 nitrogen and oxygen atoms in total. The monoisotopic (exact) mass is 275 g/mol. The van der Waals surface area contributed by atoms with Gasteiger partial charge in [0.15, 0.2) is 0 Å². The van der Waals surface area contributed by atoms with E-state index in [-0.39, 0.29) is 6.04 Å². The van der Waals surface area contributed by atoms with E-state index in [9.17, 15) is 9.59 Å². The van der Waals surface area contributed by atoms with Crippen LogP contribution in [0, 0.1) is 5.92 Å². The quantitative estimate of drug-likeness (QED) is 0.871. The molecule has 0 bridgehead atoms. The third-order valence-electron chi connectivity index (χ3n) is 3.53. The Bertz CT molecular complexity index is 613. The van der Waals surface area contributed by atoms with Gasteiger partial charge >= 0.3 is 5.97 Å². The van der Waals surface area contributed by atoms with Crippen LogP contribution in [0.1, 0.15) is 25.6 Å². The number of carboxylic acids is 1. The molecule has 0 radical (unpaired) electrons. The molecule has 2 rings (SSSR count). The van der Waals surface area contributed by atoms with Gasteiger partial charge in [-0.3, -0.25) is 9.59 Å². The Kier molecular flexibility index (Phi) is 3.79. The Morgan fingerprint density at radius 1 is 1.25 bits per heavy atom. The molecule has 0 aliphatic heterocycles. The van der Waals surface area contributed by atoms with Gasteiger partial charge in [0, 0.05) is 12.4 Å². The van der Waals surface area contributed by atoms with Crippen molar-refractivity contribution >= 4 is 22.8 Å². The first kappa shape index (κ1) is 14.1. The maximum atomic E-state index is 12.0. The van der Waals surface area contributed by atoms with Crippen LogP contribution in [0.3, 0.4) is 0 Å². The lowest BCUT2D eigenvalue weighted by molar-refractivity contribution is -0.150. The summed E-state index contributed by atoms with van der Waals surface area (Å²) in [4.78, 5) is 24.3. The Balaban J connectivity index is 2.23. The maximum absolute atomic E-state index is 12.0. The van der Waals surface area contributed by atoms with Crippen molar-refractivity contribution in [1.82, 2.24) is 4.90 Å². The van der Waals surface area contributed by atoms with Crippen molar-refractivity contribution in [3.05, 3.63) is 36.1 Å². The Hall–Kier alpha value is -2.30. The van der Waals surface area contributed by atoms with E-state index in [1.165, 1.54) is 11.8 Å². The molecule has 5 heteroatoms. The lowest BCUT2D eigenvalue weighted by Crippen LogP contribution is -2.36. The molecule has 0 aliphatic rings. The summed E-state index contributed by atoms with van der Waals surface area (Å²) < 4.78 is 5.70. The van der Waals surface area contributed by atoms with Gasteiger partial charge in [-0.25, -0.2) is 0 Å². The highest BCUT2D eigenvalue weighted by atomic mass is 16.4. The zero-order chi connectivity index (χ0) is 14.9. The van der Waals surface area contributed by atoms with Crippen LogP contribution < -0.4 is 0 Å². The molecule has 0 aliphatic carbocycles. The van der Waals surface area contributed by atoms with Crippen LogP contribution >= 0.6 is 0 Å². The van der Waals surface area contributed by atoms with E-state index in [4.69, 9.17) is 9.52 Å². The van der Waals surface area contributed by atoms with Gasteiger partial charge in [-0.1, -0.05) is 18.2 Å². The largest absolute Gasteiger partial charge is 0.481 e. The molecular weight excluding hydrogens is 258 g/mol. The number of aliphatic carboxylic acids is 1. The van der Waals surface area contributed by atoms with Crippen LogP contribution in [0.5, 0.6) is 0 Å². The number of nitrogens with zero attached hydrogens (tertiary/aromatic N) is 1. The summed E-state index contributed by atoms with van der Waals surface area (Å²) in [6.07, 6.45) is 0. The second-order valence-corrected chi connectivity index (χ2v) is 4.87. The number of amides is 1. The minimum atomic E-state index is -1.13. The minimum Gasteiger partial charge on any atom is -0.481 e. The number of rotatable bonds is 4. The van der Waals surface area contributed by atoms with Crippen molar-refractivity contribution < 1.29 is 19.1 Å². The van der Waals surface area contributed by atoms with Crippen molar-refractivity contribution in [1.29, 1.82) is 0 Å². The molecule has 0 saturated heterocycles. The molecule has 1 amide bonds. The molecule has 2 unspecified atom stereocenters. The van der Waals surface area contributed by atoms with E-state index in [2.05, 4.69) is 0 Å². The summed E-state index contributed by atoms with van der Waals surface area (Å²) >= 11 is 0. The molecule has 106 valence electrons. The lowest BCUT2D eigenvalue weighted by Gasteiger charge is -2.24. The Morgan fingerprint density at radius 2 is 1.90 bits per heavy atom. The summed E-state index contributed by atoms with van der Waals surface area (Å²) in [7, 11) is 1.58. The van der Waals surface area contributed by atoms with Gasteiger partial charge < -0.3 is 14.4 Å². The van der Waals surface area contributed by atoms with Gasteiger partial charge in [-0.2, -0.15) is 0 Å². The first-order valence-electron chi connectivity index (χ1n) is 6.39. The molecule has 2 atom stereocenters. The lowest BCUT2D eigenvalue weighted by atomic mass is 10.1.